The predicted molar refractivity (Wildman–Crippen MR) is 107 cm³/mol. The first-order valence-electron chi connectivity index (χ1n) is 9.64. The quantitative estimate of drug-likeness (QED) is 0.371. The molecule has 1 fully saturated rings. The van der Waals surface area contributed by atoms with Gasteiger partial charge in [0.2, 0.25) is 5.88 Å². The monoisotopic (exact) mass is 433 g/mol. The summed E-state index contributed by atoms with van der Waals surface area (Å²) in [5.74, 6) is -0.00402. The van der Waals surface area contributed by atoms with E-state index in [-0.39, 0.29) is 22.8 Å². The van der Waals surface area contributed by atoms with Crippen molar-refractivity contribution in [2.45, 2.75) is 37.5 Å². The zero-order valence-electron chi connectivity index (χ0n) is 16.3. The summed E-state index contributed by atoms with van der Waals surface area (Å²) in [6.07, 6.45) is -1.54. The van der Waals surface area contributed by atoms with E-state index in [1.165, 1.54) is 6.07 Å². The number of H-pyrrole nitrogens is 1. The molecule has 4 rings (SSSR count). The molecule has 9 nitrogen and oxygen atoms in total. The molecule has 5 N–H and O–H groups in total. The van der Waals surface area contributed by atoms with E-state index in [0.717, 1.165) is 5.56 Å². The molecule has 2 amide bonds. The number of aliphatic hydroxyl groups excluding tert-OH is 1. The second kappa shape index (κ2) is 8.44. The van der Waals surface area contributed by atoms with E-state index in [1.807, 2.05) is 30.3 Å². The van der Waals surface area contributed by atoms with Gasteiger partial charge in [0.15, 0.2) is 6.61 Å². The van der Waals surface area contributed by atoms with Gasteiger partial charge in [-0.1, -0.05) is 30.3 Å². The first kappa shape index (κ1) is 20.9. The van der Waals surface area contributed by atoms with Gasteiger partial charge in [-0.15, -0.1) is 5.10 Å². The first-order chi connectivity index (χ1) is 14.9. The Morgan fingerprint density at radius 2 is 2.03 bits per heavy atom. The van der Waals surface area contributed by atoms with E-state index < -0.39 is 37.3 Å². The predicted octanol–water partition coefficient (Wildman–Crippen LogP) is 2.48. The maximum atomic E-state index is 12.6. The van der Waals surface area contributed by atoms with Crippen LogP contribution >= 0.6 is 0 Å². The fourth-order valence-corrected chi connectivity index (χ4v) is 3.39. The molecule has 1 aliphatic rings. The number of benzene rings is 1. The Morgan fingerprint density at radius 1 is 1.29 bits per heavy atom. The minimum Gasteiger partial charge on any atom is -0.470 e. The molecule has 11 heteroatoms. The Labute approximate surface area is 175 Å². The van der Waals surface area contributed by atoms with Crippen molar-refractivity contribution in [2.24, 2.45) is 0 Å². The van der Waals surface area contributed by atoms with Crippen LogP contribution in [-0.2, 0) is 6.61 Å². The van der Waals surface area contributed by atoms with Crippen LogP contribution in [-0.4, -0.2) is 50.1 Å². The largest absolute Gasteiger partial charge is 0.470 e. The number of carbonyl (C=O) groups excluding carboxylic acids is 1. The number of rotatable bonds is 8. The number of alkyl halides is 2. The van der Waals surface area contributed by atoms with Gasteiger partial charge in [-0.25, -0.2) is 18.6 Å². The van der Waals surface area contributed by atoms with E-state index >= 15 is 0 Å². The van der Waals surface area contributed by atoms with Gasteiger partial charge in [0.1, 0.15) is 5.82 Å². The average molecular weight is 433 g/mol. The van der Waals surface area contributed by atoms with Crippen molar-refractivity contribution in [3.05, 3.63) is 47.7 Å². The van der Waals surface area contributed by atoms with Gasteiger partial charge in [-0.3, -0.25) is 10.4 Å². The van der Waals surface area contributed by atoms with E-state index in [2.05, 4.69) is 25.8 Å². The van der Waals surface area contributed by atoms with Crippen molar-refractivity contribution >= 4 is 22.8 Å². The number of ether oxygens (including phenoxy) is 1. The van der Waals surface area contributed by atoms with E-state index in [4.69, 9.17) is 4.74 Å². The Balaban J connectivity index is 1.53. The van der Waals surface area contributed by atoms with Gasteiger partial charge < -0.3 is 20.3 Å². The zero-order chi connectivity index (χ0) is 22.0. The van der Waals surface area contributed by atoms with Gasteiger partial charge in [-0.2, -0.15) is 0 Å². The fourth-order valence-electron chi connectivity index (χ4n) is 3.39. The van der Waals surface area contributed by atoms with Gasteiger partial charge in [-0.05, 0) is 18.4 Å². The number of aromatic nitrogens is 3. The number of nitrogens with zero attached hydrogens (tertiary/aromatic N) is 2. The molecule has 0 spiro atoms. The van der Waals surface area contributed by atoms with E-state index in [0.29, 0.717) is 18.4 Å². The van der Waals surface area contributed by atoms with Crippen LogP contribution in [0.25, 0.3) is 10.9 Å². The van der Waals surface area contributed by atoms with Gasteiger partial charge in [0.25, 0.3) is 6.43 Å². The molecule has 0 aliphatic heterocycles. The minimum atomic E-state index is -2.68. The average Bonchev–Trinajstić information content (AvgIpc) is 3.37. The molecule has 3 aromatic rings. The molecule has 2 heterocycles. The van der Waals surface area contributed by atoms with Crippen LogP contribution in [0.1, 0.15) is 30.1 Å². The van der Waals surface area contributed by atoms with Crippen molar-refractivity contribution in [3.8, 4) is 5.88 Å². The number of hydrogen-bond donors (Lipinski definition) is 5. The highest BCUT2D eigenvalue weighted by Crippen LogP contribution is 2.45. The normalized spacial score (nSPS) is 15.6. The third-order valence-electron chi connectivity index (χ3n) is 5.03. The molecule has 0 bridgehead atoms. The lowest BCUT2D eigenvalue weighted by atomic mass is 10.00. The van der Waals surface area contributed by atoms with Crippen LogP contribution in [0, 0.1) is 0 Å². The Hall–Kier alpha value is -3.31. The number of aromatic amines is 1. The number of halogens is 2. The standard InChI is InChI=1S/C20H21F2N5O4/c21-14(22)10-31-18-16-12(26-27-18)8-15(23-13(16)9-28)24-19(29)25-17(20(30)6-7-20)11-4-2-1-3-5-11/h1-5,8,14,17,28,30H,6-7,9-10H2,(H,26,27)(H2,23,24,25,29)/t17-/m0/s1. The number of nitrogens with one attached hydrogen (secondary N) is 3. The number of pyridine rings is 1. The van der Waals surface area contributed by atoms with Gasteiger partial charge in [0, 0.05) is 6.07 Å². The Morgan fingerprint density at radius 3 is 2.68 bits per heavy atom. The molecular weight excluding hydrogens is 412 g/mol. The molecule has 164 valence electrons. The van der Waals surface area contributed by atoms with Crippen LogP contribution in [0.2, 0.25) is 0 Å². The second-order valence-corrected chi connectivity index (χ2v) is 7.31. The third kappa shape index (κ3) is 4.57. The SMILES string of the molecule is O=C(Nc1cc2[nH]nc(OCC(F)F)c2c(CO)n1)N[C@@H](c1ccccc1)C1(O)CC1. The summed E-state index contributed by atoms with van der Waals surface area (Å²) in [4.78, 5) is 16.8. The van der Waals surface area contributed by atoms with Gasteiger partial charge in [0.05, 0.1) is 34.8 Å². The second-order valence-electron chi connectivity index (χ2n) is 7.31. The van der Waals surface area contributed by atoms with Crippen molar-refractivity contribution in [1.29, 1.82) is 0 Å². The molecular formula is C20H21F2N5O4. The molecule has 1 saturated carbocycles. The molecule has 1 aliphatic carbocycles. The lowest BCUT2D eigenvalue weighted by Gasteiger charge is -2.24. The number of carbonyl (C=O) groups is 1. The number of amides is 2. The van der Waals surface area contributed by atoms with Crippen LogP contribution in [0.5, 0.6) is 5.88 Å². The van der Waals surface area contributed by atoms with Gasteiger partial charge >= 0.3 is 6.03 Å². The summed E-state index contributed by atoms with van der Waals surface area (Å²) in [6, 6.07) is 9.37. The summed E-state index contributed by atoms with van der Waals surface area (Å²) in [5.41, 5.74) is 0.212. The highest BCUT2D eigenvalue weighted by molar-refractivity contribution is 5.93. The molecule has 1 atom stereocenters. The summed E-state index contributed by atoms with van der Waals surface area (Å²) in [7, 11) is 0. The first-order valence-corrected chi connectivity index (χ1v) is 9.64. The lowest BCUT2D eigenvalue weighted by Crippen LogP contribution is -2.40. The smallest absolute Gasteiger partial charge is 0.320 e. The van der Waals surface area contributed by atoms with Crippen LogP contribution in [0.4, 0.5) is 19.4 Å². The van der Waals surface area contributed by atoms with Crippen LogP contribution in [0.3, 0.4) is 0 Å². The number of anilines is 1. The highest BCUT2D eigenvalue weighted by atomic mass is 19.3. The third-order valence-corrected chi connectivity index (χ3v) is 5.03. The maximum absolute atomic E-state index is 12.6. The number of hydrogen-bond acceptors (Lipinski definition) is 6. The van der Waals surface area contributed by atoms with Crippen molar-refractivity contribution < 1.29 is 28.5 Å². The maximum Gasteiger partial charge on any atom is 0.320 e. The van der Waals surface area contributed by atoms with E-state index in [9.17, 15) is 23.8 Å². The number of aliphatic hydroxyl groups is 2. The van der Waals surface area contributed by atoms with E-state index in [1.54, 1.807) is 0 Å². The summed E-state index contributed by atoms with van der Waals surface area (Å²) >= 11 is 0. The zero-order valence-corrected chi connectivity index (χ0v) is 16.3. The molecule has 31 heavy (non-hydrogen) atoms. The van der Waals surface area contributed by atoms with Crippen molar-refractivity contribution in [3.63, 3.8) is 0 Å². The summed E-state index contributed by atoms with van der Waals surface area (Å²) in [6.45, 7) is -1.37. The lowest BCUT2D eigenvalue weighted by molar-refractivity contribution is 0.0802. The van der Waals surface area contributed by atoms with Crippen molar-refractivity contribution in [1.82, 2.24) is 20.5 Å². The Kier molecular flexibility index (Phi) is 5.70. The van der Waals surface area contributed by atoms with Crippen LogP contribution in [0.15, 0.2) is 36.4 Å². The molecule has 0 unspecified atom stereocenters. The molecule has 0 radical (unpaired) electrons. The molecule has 1 aromatic carbocycles. The summed E-state index contributed by atoms with van der Waals surface area (Å²) in [5, 5.41) is 32.3. The fraction of sp³-hybridized carbons (Fsp3) is 0.350. The van der Waals surface area contributed by atoms with Crippen molar-refractivity contribution in [2.75, 3.05) is 11.9 Å². The number of urea groups is 1. The van der Waals surface area contributed by atoms with Crippen LogP contribution < -0.4 is 15.4 Å². The summed E-state index contributed by atoms with van der Waals surface area (Å²) < 4.78 is 29.8. The Bertz CT molecular complexity index is 1070. The topological polar surface area (TPSA) is 132 Å². The minimum absolute atomic E-state index is 0.103. The highest BCUT2D eigenvalue weighted by Gasteiger charge is 2.49. The number of fused-ring (bicyclic) bond motifs is 1. The molecule has 2 aromatic heterocycles. The molecule has 0 saturated heterocycles.